The van der Waals surface area contributed by atoms with Crippen LogP contribution < -0.4 is 10.6 Å². The summed E-state index contributed by atoms with van der Waals surface area (Å²) in [5, 5.41) is 6.32. The van der Waals surface area contributed by atoms with E-state index in [1.807, 2.05) is 0 Å². The lowest BCUT2D eigenvalue weighted by Crippen LogP contribution is -2.30. The topological polar surface area (TPSA) is 111 Å². The molecule has 2 rings (SSSR count). The van der Waals surface area contributed by atoms with E-state index < -0.39 is 19.7 Å². The summed E-state index contributed by atoms with van der Waals surface area (Å²) in [6, 6.07) is 0. The average molecular weight is 471 g/mol. The van der Waals surface area contributed by atoms with E-state index in [2.05, 4.69) is 10.6 Å². The molecule has 0 spiro atoms. The molecule has 0 aliphatic carbocycles. The van der Waals surface area contributed by atoms with E-state index in [1.165, 1.54) is 0 Å². The summed E-state index contributed by atoms with van der Waals surface area (Å²) in [7, 11) is -5.77. The van der Waals surface area contributed by atoms with E-state index in [0.29, 0.717) is 25.9 Å². The van der Waals surface area contributed by atoms with Crippen LogP contribution in [0.2, 0.25) is 0 Å². The van der Waals surface area contributed by atoms with E-state index in [0.717, 1.165) is 0 Å². The maximum Gasteiger partial charge on any atom is 0.256 e. The molecule has 2 atom stereocenters. The van der Waals surface area contributed by atoms with E-state index in [4.69, 9.17) is 33.9 Å². The molecular weight excluding hydrogens is 444 g/mol. The molecule has 160 valence electrons. The van der Waals surface area contributed by atoms with Crippen molar-refractivity contribution >= 4 is 54.5 Å². The predicted molar refractivity (Wildman–Crippen MR) is 116 cm³/mol. The summed E-state index contributed by atoms with van der Waals surface area (Å²) in [4.78, 5) is 0. The Bertz CT molecular complexity index is 728. The van der Waals surface area contributed by atoms with Crippen molar-refractivity contribution in [3.63, 3.8) is 0 Å². The molecule has 8 nitrogen and oxygen atoms in total. The van der Waals surface area contributed by atoms with Crippen molar-refractivity contribution in [3.8, 4) is 0 Å². The van der Waals surface area contributed by atoms with Gasteiger partial charge in [-0.3, -0.25) is 0 Å². The largest absolute Gasteiger partial charge is 0.467 e. The average Bonchev–Trinajstić information content (AvgIpc) is 3.15. The first kappa shape index (κ1) is 23.3. The summed E-state index contributed by atoms with van der Waals surface area (Å²) in [6.07, 6.45) is 4.78. The van der Waals surface area contributed by atoms with Gasteiger partial charge in [-0.2, -0.15) is 0 Å². The normalized spacial score (nSPS) is 25.4. The van der Waals surface area contributed by atoms with Crippen molar-refractivity contribution in [3.05, 3.63) is 12.2 Å². The molecule has 2 saturated heterocycles. The minimum absolute atomic E-state index is 0.0772. The zero-order valence-corrected chi connectivity index (χ0v) is 18.7. The molecule has 2 aliphatic rings. The summed E-state index contributed by atoms with van der Waals surface area (Å²) in [6.45, 7) is 1.51. The molecule has 0 aromatic rings. The second kappa shape index (κ2) is 10.7. The molecule has 2 heterocycles. The lowest BCUT2D eigenvalue weighted by Gasteiger charge is -2.12. The smallest absolute Gasteiger partial charge is 0.256 e. The summed E-state index contributed by atoms with van der Waals surface area (Å²) in [5.74, 6) is 1.04. The molecule has 0 aromatic carbocycles. The van der Waals surface area contributed by atoms with Gasteiger partial charge in [0.05, 0.1) is 23.0 Å². The van der Waals surface area contributed by atoms with Gasteiger partial charge in [0.25, 0.3) is 10.3 Å². The van der Waals surface area contributed by atoms with Crippen LogP contribution in [0.1, 0.15) is 12.8 Å². The fourth-order valence-electron chi connectivity index (χ4n) is 3.01. The van der Waals surface area contributed by atoms with Gasteiger partial charge in [0, 0.05) is 13.1 Å². The summed E-state index contributed by atoms with van der Waals surface area (Å²) < 4.78 is 56.2. The highest BCUT2D eigenvalue weighted by molar-refractivity contribution is 7.91. The minimum atomic E-state index is -2.88. The van der Waals surface area contributed by atoms with E-state index in [-0.39, 0.29) is 58.4 Å². The minimum Gasteiger partial charge on any atom is -0.467 e. The Hall–Kier alpha value is -0.980. The Kier molecular flexibility index (Phi) is 8.90. The van der Waals surface area contributed by atoms with Gasteiger partial charge < -0.3 is 20.1 Å². The van der Waals surface area contributed by atoms with Crippen LogP contribution in [-0.4, -0.2) is 76.5 Å². The Morgan fingerprint density at radius 3 is 1.54 bits per heavy atom. The molecule has 0 saturated carbocycles. The zero-order valence-electron chi connectivity index (χ0n) is 15.5. The zero-order chi connectivity index (χ0) is 20.6. The van der Waals surface area contributed by atoms with Gasteiger partial charge in [-0.1, -0.05) is 0 Å². The number of ether oxygens (including phenoxy) is 2. The molecule has 0 radical (unpaired) electrons. The second-order valence-corrected chi connectivity index (χ2v) is 12.2. The van der Waals surface area contributed by atoms with Crippen LogP contribution in [0.15, 0.2) is 12.2 Å². The van der Waals surface area contributed by atoms with Crippen LogP contribution in [0.25, 0.3) is 0 Å². The van der Waals surface area contributed by atoms with Gasteiger partial charge in [-0.25, -0.2) is 16.8 Å². The fraction of sp³-hybridized carbons (Fsp3) is 0.750. The molecule has 0 bridgehead atoms. The fourth-order valence-corrected chi connectivity index (χ4v) is 7.03. The standard InChI is InChI=1S/C16H26N2O6S4/c19-27(20)7-3-13(11-27)9-17-15(25)23-5-1-2-6-24-16(26)18-10-14-4-8-28(21,22)12-14/h1-2,13-14H,3-12H2,(H,17,25)(H,18,26)/b2-1+. The van der Waals surface area contributed by atoms with E-state index in [9.17, 15) is 16.8 Å². The number of hydrogen-bond donors (Lipinski definition) is 2. The van der Waals surface area contributed by atoms with E-state index in [1.54, 1.807) is 12.2 Å². The first-order chi connectivity index (χ1) is 13.2. The molecule has 12 heteroatoms. The Morgan fingerprint density at radius 1 is 0.821 bits per heavy atom. The molecule has 2 N–H and O–H groups in total. The second-order valence-electron chi connectivity index (χ2n) is 6.97. The Balaban J connectivity index is 1.48. The highest BCUT2D eigenvalue weighted by atomic mass is 32.2. The van der Waals surface area contributed by atoms with Crippen molar-refractivity contribution < 1.29 is 26.3 Å². The molecule has 2 unspecified atom stereocenters. The van der Waals surface area contributed by atoms with Crippen LogP contribution >= 0.6 is 24.4 Å². The van der Waals surface area contributed by atoms with Crippen LogP contribution in [0.4, 0.5) is 0 Å². The van der Waals surface area contributed by atoms with Gasteiger partial charge >= 0.3 is 0 Å². The lowest BCUT2D eigenvalue weighted by atomic mass is 10.1. The Morgan fingerprint density at radius 2 is 1.21 bits per heavy atom. The van der Waals surface area contributed by atoms with Gasteiger partial charge in [0.2, 0.25) is 0 Å². The highest BCUT2D eigenvalue weighted by Gasteiger charge is 2.28. The van der Waals surface area contributed by atoms with Crippen molar-refractivity contribution in [2.24, 2.45) is 11.8 Å². The molecular formula is C16H26N2O6S4. The van der Waals surface area contributed by atoms with Crippen molar-refractivity contribution in [2.45, 2.75) is 12.8 Å². The molecule has 0 amide bonds. The summed E-state index contributed by atoms with van der Waals surface area (Å²) >= 11 is 10.1. The summed E-state index contributed by atoms with van der Waals surface area (Å²) in [5.41, 5.74) is 0. The van der Waals surface area contributed by atoms with Crippen molar-refractivity contribution in [2.75, 3.05) is 49.3 Å². The van der Waals surface area contributed by atoms with Crippen LogP contribution in [0.5, 0.6) is 0 Å². The third-order valence-corrected chi connectivity index (χ3v) is 8.71. The molecule has 2 fully saturated rings. The van der Waals surface area contributed by atoms with Crippen LogP contribution in [-0.2, 0) is 29.1 Å². The number of rotatable bonds is 8. The molecule has 28 heavy (non-hydrogen) atoms. The van der Waals surface area contributed by atoms with Gasteiger partial charge in [0.1, 0.15) is 13.2 Å². The number of sulfone groups is 2. The third kappa shape index (κ3) is 9.01. The lowest BCUT2D eigenvalue weighted by molar-refractivity contribution is 0.326. The number of nitrogens with one attached hydrogen (secondary N) is 2. The first-order valence-corrected chi connectivity index (χ1v) is 13.5. The van der Waals surface area contributed by atoms with E-state index >= 15 is 0 Å². The van der Waals surface area contributed by atoms with Gasteiger partial charge in [0.15, 0.2) is 19.7 Å². The van der Waals surface area contributed by atoms with Gasteiger partial charge in [-0.15, -0.1) is 0 Å². The van der Waals surface area contributed by atoms with Crippen LogP contribution in [0, 0.1) is 11.8 Å². The molecule has 0 aromatic heterocycles. The Labute approximate surface area is 177 Å². The predicted octanol–water partition coefficient (Wildman–Crippen LogP) is 0.194. The quantitative estimate of drug-likeness (QED) is 0.377. The third-order valence-electron chi connectivity index (χ3n) is 4.51. The molecule has 2 aliphatic heterocycles. The van der Waals surface area contributed by atoms with Crippen molar-refractivity contribution in [1.82, 2.24) is 10.6 Å². The maximum absolute atomic E-state index is 11.4. The number of hydrogen-bond acceptors (Lipinski definition) is 8. The SMILES string of the molecule is O=S1(=O)CCC(CNC(=S)OC/C=C/COC(=S)NCC2CCS(=O)(=O)C2)C1. The first-order valence-electron chi connectivity index (χ1n) is 9.02. The van der Waals surface area contributed by atoms with Crippen LogP contribution in [0.3, 0.4) is 0 Å². The van der Waals surface area contributed by atoms with Gasteiger partial charge in [-0.05, 0) is 61.3 Å². The monoisotopic (exact) mass is 470 g/mol. The maximum atomic E-state index is 11.4. The number of thiocarbonyl (C=S) groups is 2. The highest BCUT2D eigenvalue weighted by Crippen LogP contribution is 2.18. The van der Waals surface area contributed by atoms with Crippen molar-refractivity contribution in [1.29, 1.82) is 0 Å².